The lowest BCUT2D eigenvalue weighted by Crippen LogP contribution is -1.90. The van der Waals surface area contributed by atoms with Gasteiger partial charge in [0.2, 0.25) is 0 Å². The van der Waals surface area contributed by atoms with Crippen molar-refractivity contribution in [3.63, 3.8) is 0 Å². The van der Waals surface area contributed by atoms with Crippen LogP contribution in [0.1, 0.15) is 18.4 Å². The summed E-state index contributed by atoms with van der Waals surface area (Å²) in [5.41, 5.74) is 1.28. The summed E-state index contributed by atoms with van der Waals surface area (Å²) in [7, 11) is 0. The molecule has 0 aliphatic carbocycles. The van der Waals surface area contributed by atoms with Gasteiger partial charge >= 0.3 is 0 Å². The molecule has 0 saturated carbocycles. The van der Waals surface area contributed by atoms with Gasteiger partial charge in [0.15, 0.2) is 0 Å². The van der Waals surface area contributed by atoms with E-state index in [1.54, 1.807) is 0 Å². The summed E-state index contributed by atoms with van der Waals surface area (Å²) < 4.78 is 5.63. The van der Waals surface area contributed by atoms with Crippen molar-refractivity contribution in [2.45, 2.75) is 12.8 Å². The first kappa shape index (κ1) is 8.54. The van der Waals surface area contributed by atoms with Crippen molar-refractivity contribution in [3.8, 4) is 5.75 Å². The molecular formula is C14H12O. The van der Waals surface area contributed by atoms with Crippen molar-refractivity contribution in [1.29, 1.82) is 0 Å². The monoisotopic (exact) mass is 196 g/mol. The van der Waals surface area contributed by atoms with Crippen molar-refractivity contribution in [1.82, 2.24) is 0 Å². The Balaban J connectivity index is 2.40. The van der Waals surface area contributed by atoms with Gasteiger partial charge in [-0.15, -0.1) is 0 Å². The van der Waals surface area contributed by atoms with E-state index >= 15 is 0 Å². The molecule has 1 aliphatic rings. The molecular weight excluding hydrogens is 184 g/mol. The largest absolute Gasteiger partial charge is 0.461 e. The Morgan fingerprint density at radius 3 is 2.80 bits per heavy atom. The van der Waals surface area contributed by atoms with Crippen LogP contribution in [0, 0.1) is 0 Å². The van der Waals surface area contributed by atoms with Crippen molar-refractivity contribution in [2.24, 2.45) is 0 Å². The predicted molar refractivity (Wildman–Crippen MR) is 62.1 cm³/mol. The molecule has 1 nitrogen and oxygen atoms in total. The lowest BCUT2D eigenvalue weighted by atomic mass is 9.95. The van der Waals surface area contributed by atoms with Gasteiger partial charge in [0, 0.05) is 11.5 Å². The molecule has 74 valence electrons. The number of fused-ring (bicyclic) bond motifs is 3. The molecule has 0 fully saturated rings. The molecule has 0 bridgehead atoms. The summed E-state index contributed by atoms with van der Waals surface area (Å²) in [6.07, 6.45) is 0. The van der Waals surface area contributed by atoms with E-state index in [1.807, 2.05) is 6.07 Å². The molecule has 0 aromatic heterocycles. The summed E-state index contributed by atoms with van der Waals surface area (Å²) in [6.45, 7) is 6.07. The van der Waals surface area contributed by atoms with E-state index in [-0.39, 0.29) is 0 Å². The minimum atomic E-state index is 0.297. The van der Waals surface area contributed by atoms with Crippen LogP contribution in [0.2, 0.25) is 0 Å². The van der Waals surface area contributed by atoms with Crippen LogP contribution >= 0.6 is 0 Å². The molecule has 15 heavy (non-hydrogen) atoms. The highest BCUT2D eigenvalue weighted by Crippen LogP contribution is 2.43. The zero-order valence-corrected chi connectivity index (χ0v) is 8.66. The quantitative estimate of drug-likeness (QED) is 0.621. The summed E-state index contributed by atoms with van der Waals surface area (Å²) in [4.78, 5) is 0. The zero-order valence-electron chi connectivity index (χ0n) is 8.66. The molecule has 0 spiro atoms. The zero-order chi connectivity index (χ0) is 10.4. The van der Waals surface area contributed by atoms with Crippen LogP contribution in [0.25, 0.3) is 10.8 Å². The average Bonchev–Trinajstić information content (AvgIpc) is 2.55. The number of hydrogen-bond acceptors (Lipinski definition) is 1. The fourth-order valence-corrected chi connectivity index (χ4v) is 2.20. The Kier molecular flexibility index (Phi) is 1.63. The van der Waals surface area contributed by atoms with Crippen molar-refractivity contribution < 1.29 is 4.74 Å². The number of benzene rings is 2. The van der Waals surface area contributed by atoms with Gasteiger partial charge in [0.25, 0.3) is 0 Å². The second kappa shape index (κ2) is 2.86. The normalized spacial score (nSPS) is 19.0. The molecule has 3 rings (SSSR count). The molecule has 1 unspecified atom stereocenters. The summed E-state index contributed by atoms with van der Waals surface area (Å²) in [5, 5.41) is 2.54. The minimum Gasteiger partial charge on any atom is -0.461 e. The Bertz CT molecular complexity index is 554. The van der Waals surface area contributed by atoms with Crippen LogP contribution in [0.4, 0.5) is 0 Å². The Morgan fingerprint density at radius 1 is 1.13 bits per heavy atom. The van der Waals surface area contributed by atoms with Gasteiger partial charge in [0.1, 0.15) is 11.5 Å². The third-order valence-corrected chi connectivity index (χ3v) is 3.09. The molecule has 2 aromatic carbocycles. The van der Waals surface area contributed by atoms with Gasteiger partial charge in [-0.25, -0.2) is 0 Å². The summed E-state index contributed by atoms with van der Waals surface area (Å²) in [6, 6.07) is 12.5. The number of rotatable bonds is 0. The first-order valence-corrected chi connectivity index (χ1v) is 5.15. The van der Waals surface area contributed by atoms with Crippen LogP contribution in [-0.2, 0) is 0 Å². The molecule has 1 atom stereocenters. The van der Waals surface area contributed by atoms with Gasteiger partial charge in [-0.2, -0.15) is 0 Å². The Morgan fingerprint density at radius 2 is 1.93 bits per heavy atom. The first-order valence-electron chi connectivity index (χ1n) is 5.15. The smallest absolute Gasteiger partial charge is 0.131 e. The standard InChI is InChI=1S/C14H12O/c1-9-10(2)15-13-8-7-11-5-3-4-6-12(11)14(9)13/h3-9H,2H2,1H3. The molecule has 2 aromatic rings. The highest BCUT2D eigenvalue weighted by molar-refractivity contribution is 5.89. The van der Waals surface area contributed by atoms with Crippen molar-refractivity contribution >= 4 is 10.8 Å². The van der Waals surface area contributed by atoms with Gasteiger partial charge in [-0.1, -0.05) is 43.8 Å². The van der Waals surface area contributed by atoms with Crippen molar-refractivity contribution in [2.75, 3.05) is 0 Å². The molecule has 0 radical (unpaired) electrons. The molecule has 1 heteroatoms. The SMILES string of the molecule is C=C1Oc2ccc3ccccc3c2C1C. The molecule has 1 aliphatic heterocycles. The maximum atomic E-state index is 5.63. The maximum Gasteiger partial charge on any atom is 0.131 e. The van der Waals surface area contributed by atoms with Gasteiger partial charge in [0.05, 0.1) is 0 Å². The fraction of sp³-hybridized carbons (Fsp3) is 0.143. The average molecular weight is 196 g/mol. The Hall–Kier alpha value is -1.76. The minimum absolute atomic E-state index is 0.297. The van der Waals surface area contributed by atoms with E-state index in [9.17, 15) is 0 Å². The molecule has 1 heterocycles. The lowest BCUT2D eigenvalue weighted by molar-refractivity contribution is 0.435. The number of hydrogen-bond donors (Lipinski definition) is 0. The van der Waals surface area contributed by atoms with Gasteiger partial charge < -0.3 is 4.74 Å². The first-order chi connectivity index (χ1) is 7.27. The van der Waals surface area contributed by atoms with Crippen LogP contribution < -0.4 is 4.74 Å². The molecule has 0 amide bonds. The van der Waals surface area contributed by atoms with E-state index < -0.39 is 0 Å². The topological polar surface area (TPSA) is 9.23 Å². The van der Waals surface area contributed by atoms with Crippen LogP contribution in [0.5, 0.6) is 5.75 Å². The third kappa shape index (κ3) is 1.09. The summed E-state index contributed by atoms with van der Waals surface area (Å²) >= 11 is 0. The van der Waals surface area contributed by atoms with E-state index in [1.165, 1.54) is 16.3 Å². The lowest BCUT2D eigenvalue weighted by Gasteiger charge is -2.05. The van der Waals surface area contributed by atoms with E-state index in [0.29, 0.717) is 5.92 Å². The molecule has 0 saturated heterocycles. The van der Waals surface area contributed by atoms with Gasteiger partial charge in [-0.3, -0.25) is 0 Å². The maximum absolute atomic E-state index is 5.63. The van der Waals surface area contributed by atoms with Crippen LogP contribution in [0.3, 0.4) is 0 Å². The molecule has 0 N–H and O–H groups in total. The highest BCUT2D eigenvalue weighted by atomic mass is 16.5. The summed E-state index contributed by atoms with van der Waals surface area (Å²) in [5.74, 6) is 2.11. The van der Waals surface area contributed by atoms with Crippen molar-refractivity contribution in [3.05, 3.63) is 54.3 Å². The highest BCUT2D eigenvalue weighted by Gasteiger charge is 2.25. The van der Waals surface area contributed by atoms with E-state index in [0.717, 1.165) is 11.5 Å². The van der Waals surface area contributed by atoms with Gasteiger partial charge in [-0.05, 0) is 16.8 Å². The van der Waals surface area contributed by atoms with E-state index in [2.05, 4.69) is 43.8 Å². The predicted octanol–water partition coefficient (Wildman–Crippen LogP) is 3.85. The van der Waals surface area contributed by atoms with Crippen LogP contribution in [-0.4, -0.2) is 0 Å². The number of allylic oxidation sites excluding steroid dienone is 1. The second-order valence-electron chi connectivity index (χ2n) is 3.99. The van der Waals surface area contributed by atoms with Crippen LogP contribution in [0.15, 0.2) is 48.7 Å². The van der Waals surface area contributed by atoms with E-state index in [4.69, 9.17) is 4.74 Å². The fourth-order valence-electron chi connectivity index (χ4n) is 2.20. The Labute approximate surface area is 89.0 Å². The number of ether oxygens (including phenoxy) is 1. The third-order valence-electron chi connectivity index (χ3n) is 3.09. The second-order valence-corrected chi connectivity index (χ2v) is 3.99.